The summed E-state index contributed by atoms with van der Waals surface area (Å²) in [6.45, 7) is 2.72. The number of hydrogen-bond acceptors (Lipinski definition) is 6. The summed E-state index contributed by atoms with van der Waals surface area (Å²) in [4.78, 5) is 36.6. The molecule has 28 heavy (non-hydrogen) atoms. The number of nitrogens with zero attached hydrogens (tertiary/aromatic N) is 2. The summed E-state index contributed by atoms with van der Waals surface area (Å²) in [5.74, 6) is -2.57. The van der Waals surface area contributed by atoms with E-state index in [0.29, 0.717) is 38.5 Å². The normalized spacial score (nSPS) is 22.1. The lowest BCUT2D eigenvalue weighted by atomic mass is 10.1. The van der Waals surface area contributed by atoms with Crippen LogP contribution in [0.4, 0.5) is 13.2 Å². The summed E-state index contributed by atoms with van der Waals surface area (Å²) < 4.78 is 42.6. The first-order valence-corrected chi connectivity index (χ1v) is 8.32. The number of carboxylic acid groups (broad SMARTS) is 1. The highest BCUT2D eigenvalue weighted by molar-refractivity contribution is 5.91. The number of furan rings is 1. The van der Waals surface area contributed by atoms with E-state index in [1.165, 1.54) is 6.26 Å². The maximum atomic E-state index is 12.3. The van der Waals surface area contributed by atoms with Crippen molar-refractivity contribution < 1.29 is 41.8 Å². The first-order valence-electron chi connectivity index (χ1n) is 8.32. The molecule has 0 aliphatic carbocycles. The molecule has 2 saturated heterocycles. The van der Waals surface area contributed by atoms with Gasteiger partial charge < -0.3 is 24.5 Å². The van der Waals surface area contributed by atoms with Crippen LogP contribution in [0.3, 0.4) is 0 Å². The van der Waals surface area contributed by atoms with Crippen LogP contribution in [0.5, 0.6) is 0 Å². The van der Waals surface area contributed by atoms with Crippen molar-refractivity contribution in [3.63, 3.8) is 0 Å². The Bertz CT molecular complexity index is 694. The Balaban J connectivity index is 0.000000345. The number of carbonyl (C=O) groups is 3. The summed E-state index contributed by atoms with van der Waals surface area (Å²) in [5, 5.41) is 9.76. The zero-order chi connectivity index (χ0) is 20.9. The molecule has 2 aliphatic heterocycles. The number of rotatable bonds is 3. The van der Waals surface area contributed by atoms with Crippen LogP contribution in [0.15, 0.2) is 22.8 Å². The van der Waals surface area contributed by atoms with Gasteiger partial charge in [-0.15, -0.1) is 0 Å². The average molecular weight is 407 g/mol. The summed E-state index contributed by atoms with van der Waals surface area (Å²) in [5.41, 5.74) is 0. The first kappa shape index (κ1) is 21.7. The fourth-order valence-electron chi connectivity index (χ4n) is 2.94. The Morgan fingerprint density at radius 1 is 1.32 bits per heavy atom. The van der Waals surface area contributed by atoms with Gasteiger partial charge in [0.25, 0.3) is 5.91 Å². The number of halogens is 3. The van der Waals surface area contributed by atoms with Gasteiger partial charge in [-0.2, -0.15) is 13.2 Å². The molecule has 156 valence electrons. The van der Waals surface area contributed by atoms with E-state index in [1.54, 1.807) is 24.1 Å². The topological polar surface area (TPSA) is 112 Å². The Morgan fingerprint density at radius 2 is 2.00 bits per heavy atom. The third-order valence-electron chi connectivity index (χ3n) is 4.30. The Kier molecular flexibility index (Phi) is 7.02. The van der Waals surface area contributed by atoms with Crippen LogP contribution in [-0.2, 0) is 14.3 Å². The minimum absolute atomic E-state index is 0.0218. The molecule has 0 bridgehead atoms. The van der Waals surface area contributed by atoms with Crippen LogP contribution in [0, 0.1) is 0 Å². The molecular weight excluding hydrogens is 387 g/mol. The first-order chi connectivity index (χ1) is 13.1. The maximum Gasteiger partial charge on any atom is 0.490 e. The van der Waals surface area contributed by atoms with Crippen molar-refractivity contribution in [2.24, 2.45) is 0 Å². The number of hydrogen-bond donors (Lipinski definition) is 2. The number of likely N-dealkylation sites (tertiary alicyclic amines) is 1. The smallest absolute Gasteiger partial charge is 0.475 e. The molecular formula is C16H20F3N3O6. The summed E-state index contributed by atoms with van der Waals surface area (Å²) >= 11 is 0. The van der Waals surface area contributed by atoms with Crippen molar-refractivity contribution in [1.29, 1.82) is 0 Å². The third kappa shape index (κ3) is 5.45. The number of alkyl halides is 3. The van der Waals surface area contributed by atoms with Crippen LogP contribution in [0.25, 0.3) is 0 Å². The maximum absolute atomic E-state index is 12.3. The molecule has 2 amide bonds. The lowest BCUT2D eigenvalue weighted by molar-refractivity contribution is -0.192. The number of carbonyl (C=O) groups excluding carboxylic acids is 2. The van der Waals surface area contributed by atoms with Crippen LogP contribution >= 0.6 is 0 Å². The van der Waals surface area contributed by atoms with E-state index in [2.05, 4.69) is 10.2 Å². The number of fused-ring (bicyclic) bond motifs is 1. The van der Waals surface area contributed by atoms with Crippen LogP contribution < -0.4 is 5.32 Å². The van der Waals surface area contributed by atoms with Crippen LogP contribution in [0.1, 0.15) is 10.6 Å². The van der Waals surface area contributed by atoms with Gasteiger partial charge in [0.1, 0.15) is 0 Å². The number of aliphatic carboxylic acids is 1. The highest BCUT2D eigenvalue weighted by atomic mass is 19.4. The van der Waals surface area contributed by atoms with Gasteiger partial charge in [0.15, 0.2) is 5.76 Å². The molecule has 9 nitrogen and oxygen atoms in total. The second-order valence-electron chi connectivity index (χ2n) is 6.11. The van der Waals surface area contributed by atoms with E-state index in [0.717, 1.165) is 0 Å². The Labute approximate surface area is 158 Å². The monoisotopic (exact) mass is 407 g/mol. The Hall–Kier alpha value is -2.60. The highest BCUT2D eigenvalue weighted by Gasteiger charge is 2.42. The van der Waals surface area contributed by atoms with E-state index < -0.39 is 12.1 Å². The standard InChI is InChI=1S/C14H19N3O4.C2HF3O2/c1-15-13(18)9-16-4-6-21-12-8-17(7-10(12)16)14(19)11-3-2-5-20-11;3-2(4,5)1(6)7/h2-3,5,10,12H,4,6-9H2,1H3,(H,15,18);(H,6,7)/t10-,12+;/m1./s1. The molecule has 1 aromatic heterocycles. The van der Waals surface area contributed by atoms with E-state index in [-0.39, 0.29) is 24.0 Å². The third-order valence-corrected chi connectivity index (χ3v) is 4.30. The fraction of sp³-hybridized carbons (Fsp3) is 0.562. The van der Waals surface area contributed by atoms with Crippen molar-refractivity contribution in [3.05, 3.63) is 24.2 Å². The molecule has 3 rings (SSSR count). The largest absolute Gasteiger partial charge is 0.490 e. The average Bonchev–Trinajstić information content (AvgIpc) is 3.31. The molecule has 1 aromatic rings. The number of morpholine rings is 1. The van der Waals surface area contributed by atoms with Crippen LogP contribution in [-0.4, -0.2) is 90.8 Å². The van der Waals surface area contributed by atoms with E-state index in [1.807, 2.05) is 0 Å². The summed E-state index contributed by atoms with van der Waals surface area (Å²) in [6.07, 6.45) is -3.63. The zero-order valence-electron chi connectivity index (χ0n) is 14.9. The van der Waals surface area contributed by atoms with E-state index >= 15 is 0 Å². The van der Waals surface area contributed by atoms with Gasteiger partial charge in [-0.25, -0.2) is 4.79 Å². The van der Waals surface area contributed by atoms with E-state index in [9.17, 15) is 22.8 Å². The van der Waals surface area contributed by atoms with E-state index in [4.69, 9.17) is 19.1 Å². The minimum Gasteiger partial charge on any atom is -0.475 e. The number of carboxylic acids is 1. The molecule has 3 heterocycles. The zero-order valence-corrected chi connectivity index (χ0v) is 14.9. The number of ether oxygens (including phenoxy) is 1. The van der Waals surface area contributed by atoms with Gasteiger partial charge in [-0.3, -0.25) is 14.5 Å². The second kappa shape index (κ2) is 9.06. The number of nitrogens with one attached hydrogen (secondary N) is 1. The fourth-order valence-corrected chi connectivity index (χ4v) is 2.94. The Morgan fingerprint density at radius 3 is 2.54 bits per heavy atom. The molecule has 0 unspecified atom stereocenters. The van der Waals surface area contributed by atoms with Gasteiger partial charge in [-0.05, 0) is 12.1 Å². The predicted octanol–water partition coefficient (Wildman–Crippen LogP) is 0.184. The minimum atomic E-state index is -5.08. The molecule has 0 aromatic carbocycles. The molecule has 0 saturated carbocycles. The van der Waals surface area contributed by atoms with Gasteiger partial charge in [0, 0.05) is 26.7 Å². The quantitative estimate of drug-likeness (QED) is 0.735. The summed E-state index contributed by atoms with van der Waals surface area (Å²) in [7, 11) is 1.63. The molecule has 2 N–H and O–H groups in total. The highest BCUT2D eigenvalue weighted by Crippen LogP contribution is 2.24. The van der Waals surface area contributed by atoms with Crippen molar-refractivity contribution in [3.8, 4) is 0 Å². The van der Waals surface area contributed by atoms with Crippen molar-refractivity contribution >= 4 is 17.8 Å². The van der Waals surface area contributed by atoms with Crippen molar-refractivity contribution in [2.75, 3.05) is 39.8 Å². The van der Waals surface area contributed by atoms with Gasteiger partial charge in [0.05, 0.1) is 31.6 Å². The lowest BCUT2D eigenvalue weighted by Gasteiger charge is -2.35. The van der Waals surface area contributed by atoms with Crippen LogP contribution in [0.2, 0.25) is 0 Å². The second-order valence-corrected chi connectivity index (χ2v) is 6.11. The van der Waals surface area contributed by atoms with Crippen molar-refractivity contribution in [1.82, 2.24) is 15.1 Å². The molecule has 0 radical (unpaired) electrons. The SMILES string of the molecule is CNC(=O)CN1CCO[C@H]2CN(C(=O)c3ccco3)C[C@H]21.O=C(O)C(F)(F)F. The van der Waals surface area contributed by atoms with Gasteiger partial charge in [0.2, 0.25) is 5.91 Å². The predicted molar refractivity (Wildman–Crippen MR) is 87.5 cm³/mol. The van der Waals surface area contributed by atoms with Gasteiger partial charge >= 0.3 is 12.1 Å². The van der Waals surface area contributed by atoms with Gasteiger partial charge in [-0.1, -0.05) is 0 Å². The molecule has 2 aliphatic rings. The number of amides is 2. The molecule has 2 fully saturated rings. The molecule has 2 atom stereocenters. The molecule has 0 spiro atoms. The summed E-state index contributed by atoms with van der Waals surface area (Å²) in [6, 6.07) is 3.42. The number of likely N-dealkylation sites (N-methyl/N-ethyl adjacent to an activating group) is 1. The molecule has 12 heteroatoms. The lowest BCUT2D eigenvalue weighted by Crippen LogP contribution is -2.53. The van der Waals surface area contributed by atoms with Crippen molar-refractivity contribution in [2.45, 2.75) is 18.3 Å².